The molecular weight excluding hydrogens is 472 g/mol. The van der Waals surface area contributed by atoms with Crippen LogP contribution in [0.1, 0.15) is 51.5 Å². The van der Waals surface area contributed by atoms with E-state index in [-0.39, 0.29) is 23.4 Å². The van der Waals surface area contributed by atoms with E-state index in [4.69, 9.17) is 22.1 Å². The van der Waals surface area contributed by atoms with Gasteiger partial charge in [0.1, 0.15) is 11.0 Å². The van der Waals surface area contributed by atoms with Gasteiger partial charge in [0.15, 0.2) is 5.17 Å². The molecule has 1 atom stereocenters. The molecule has 0 unspecified atom stereocenters. The minimum atomic E-state index is -0.642. The Morgan fingerprint density at radius 3 is 2.47 bits per heavy atom. The minimum absolute atomic E-state index is 0.0509. The molecule has 2 aromatic carbocycles. The summed E-state index contributed by atoms with van der Waals surface area (Å²) in [6, 6.07) is 14.2. The molecule has 0 spiro atoms. The zero-order valence-electron chi connectivity index (χ0n) is 19.4. The van der Waals surface area contributed by atoms with Crippen LogP contribution in [0.4, 0.5) is 5.69 Å². The van der Waals surface area contributed by atoms with Crippen molar-refractivity contribution in [3.05, 3.63) is 59.1 Å². The van der Waals surface area contributed by atoms with E-state index < -0.39 is 5.25 Å². The average molecular weight is 501 g/mol. The predicted molar refractivity (Wildman–Crippen MR) is 140 cm³/mol. The Hall–Kier alpha value is -2.84. The smallest absolute Gasteiger partial charge is 0.247 e. The molecule has 3 rings (SSSR count). The average Bonchev–Trinajstić information content (AvgIpc) is 3.10. The summed E-state index contributed by atoms with van der Waals surface area (Å²) in [4.78, 5) is 26.6. The third-order valence-corrected chi connectivity index (χ3v) is 6.52. The lowest BCUT2D eigenvalue weighted by molar-refractivity contribution is -0.121. The van der Waals surface area contributed by atoms with Crippen LogP contribution >= 0.6 is 23.4 Å². The maximum absolute atomic E-state index is 12.9. The Morgan fingerprint density at radius 2 is 1.79 bits per heavy atom. The van der Waals surface area contributed by atoms with Gasteiger partial charge in [-0.1, -0.05) is 61.7 Å². The van der Waals surface area contributed by atoms with Gasteiger partial charge in [-0.05, 0) is 55.3 Å². The largest absolute Gasteiger partial charge is 0.494 e. The number of carbonyl (C=O) groups is 2. The third-order valence-electron chi connectivity index (χ3n) is 5.29. The second-order valence-corrected chi connectivity index (χ2v) is 9.57. The Labute approximate surface area is 209 Å². The lowest BCUT2D eigenvalue weighted by Crippen LogP contribution is -2.31. The first-order valence-electron chi connectivity index (χ1n) is 11.3. The summed E-state index contributed by atoms with van der Waals surface area (Å²) in [5, 5.41) is 8.26. The lowest BCUT2D eigenvalue weighted by Gasteiger charge is -2.15. The normalized spacial score (nSPS) is 16.9. The fraction of sp³-hybridized carbons (Fsp3) is 0.360. The van der Waals surface area contributed by atoms with Crippen LogP contribution in [0.2, 0.25) is 5.02 Å². The molecule has 0 aliphatic carbocycles. The van der Waals surface area contributed by atoms with Gasteiger partial charge in [0.2, 0.25) is 11.8 Å². The van der Waals surface area contributed by atoms with E-state index in [0.717, 1.165) is 35.9 Å². The van der Waals surface area contributed by atoms with Crippen LogP contribution in [-0.4, -0.2) is 34.6 Å². The van der Waals surface area contributed by atoms with Crippen LogP contribution < -0.4 is 15.4 Å². The number of carbonyl (C=O) groups excluding carboxylic acids is 2. The topological polar surface area (TPSA) is 97.3 Å². The van der Waals surface area contributed by atoms with Crippen molar-refractivity contribution in [2.24, 2.45) is 15.9 Å². The van der Waals surface area contributed by atoms with E-state index in [1.807, 2.05) is 12.1 Å². The van der Waals surface area contributed by atoms with Gasteiger partial charge in [0.05, 0.1) is 18.0 Å². The Morgan fingerprint density at radius 1 is 1.09 bits per heavy atom. The number of nitrogens with two attached hydrogens (primary N) is 1. The summed E-state index contributed by atoms with van der Waals surface area (Å²) < 4.78 is 5.74. The molecule has 0 radical (unpaired) electrons. The number of ether oxygens (including phenoxy) is 1. The number of imide groups is 1. The number of hydrogen-bond donors (Lipinski definition) is 1. The summed E-state index contributed by atoms with van der Waals surface area (Å²) in [6.07, 6.45) is 4.58. The number of amidine groups is 1. The van der Waals surface area contributed by atoms with Crippen molar-refractivity contribution in [1.82, 2.24) is 0 Å². The number of rotatable bonds is 10. The van der Waals surface area contributed by atoms with Gasteiger partial charge in [-0.25, -0.2) is 4.90 Å². The molecule has 1 aliphatic heterocycles. The van der Waals surface area contributed by atoms with E-state index in [0.29, 0.717) is 23.0 Å². The van der Waals surface area contributed by atoms with Crippen LogP contribution in [-0.2, 0) is 9.59 Å². The van der Waals surface area contributed by atoms with Crippen LogP contribution in [0.3, 0.4) is 0 Å². The molecule has 0 aromatic heterocycles. The Balaban J connectivity index is 1.58. The number of hydrogen-bond acceptors (Lipinski definition) is 6. The molecule has 1 saturated heterocycles. The molecule has 2 aromatic rings. The summed E-state index contributed by atoms with van der Waals surface area (Å²) in [5.41, 5.74) is 8.01. The van der Waals surface area contributed by atoms with Gasteiger partial charge in [-0.2, -0.15) is 5.10 Å². The van der Waals surface area contributed by atoms with Crippen LogP contribution in [0, 0.1) is 0 Å². The highest BCUT2D eigenvalue weighted by Gasteiger charge is 2.40. The maximum atomic E-state index is 12.9. The first-order valence-corrected chi connectivity index (χ1v) is 12.5. The van der Waals surface area contributed by atoms with Crippen LogP contribution in [0.25, 0.3) is 0 Å². The fourth-order valence-corrected chi connectivity index (χ4v) is 4.36. The van der Waals surface area contributed by atoms with Gasteiger partial charge in [-0.15, -0.1) is 5.10 Å². The monoisotopic (exact) mass is 500 g/mol. The maximum Gasteiger partial charge on any atom is 0.247 e. The van der Waals surface area contributed by atoms with Crippen molar-refractivity contribution in [1.29, 1.82) is 0 Å². The van der Waals surface area contributed by atoms with Gasteiger partial charge >= 0.3 is 0 Å². The van der Waals surface area contributed by atoms with E-state index >= 15 is 0 Å². The Bertz CT molecular complexity index is 1050. The molecule has 7 nitrogen and oxygen atoms in total. The van der Waals surface area contributed by atoms with Crippen LogP contribution in [0.5, 0.6) is 5.75 Å². The quantitative estimate of drug-likeness (QED) is 0.155. The third kappa shape index (κ3) is 7.08. The van der Waals surface area contributed by atoms with E-state index in [2.05, 4.69) is 17.1 Å². The molecule has 2 amide bonds. The van der Waals surface area contributed by atoms with Gasteiger partial charge in [0.25, 0.3) is 0 Å². The Kier molecular flexibility index (Phi) is 9.53. The highest BCUT2D eigenvalue weighted by molar-refractivity contribution is 8.14. The van der Waals surface area contributed by atoms with Crippen molar-refractivity contribution < 1.29 is 14.3 Å². The molecule has 1 aliphatic rings. The summed E-state index contributed by atoms with van der Waals surface area (Å²) in [6.45, 7) is 4.62. The van der Waals surface area contributed by atoms with E-state index in [1.54, 1.807) is 43.3 Å². The fourth-order valence-electron chi connectivity index (χ4n) is 3.42. The highest BCUT2D eigenvalue weighted by Crippen LogP contribution is 2.30. The molecule has 2 N–H and O–H groups in total. The standard InChI is InChI=1S/C25H29ClN4O3S/c1-3-4-5-6-15-33-21-13-11-20(12-14-21)30-23(31)16-22(24(30)32)34-25(27)29-28-17(2)18-7-9-19(26)10-8-18/h7-14,22H,3-6,15-16H2,1-2H3,(H2,27,29)/b28-17-/t22-/m1/s1. The summed E-state index contributed by atoms with van der Waals surface area (Å²) >= 11 is 6.94. The number of thioether (sulfide) groups is 1. The van der Waals surface area contributed by atoms with Gasteiger partial charge < -0.3 is 10.5 Å². The number of anilines is 1. The van der Waals surface area contributed by atoms with Gasteiger partial charge in [0, 0.05) is 11.4 Å². The van der Waals surface area contributed by atoms with E-state index in [9.17, 15) is 9.59 Å². The lowest BCUT2D eigenvalue weighted by atomic mass is 10.1. The first kappa shape index (κ1) is 25.8. The number of unbranched alkanes of at least 4 members (excludes halogenated alkanes) is 3. The molecule has 34 heavy (non-hydrogen) atoms. The van der Waals surface area contributed by atoms with E-state index in [1.165, 1.54) is 17.7 Å². The second kappa shape index (κ2) is 12.6. The van der Waals surface area contributed by atoms with Crippen molar-refractivity contribution in [2.45, 2.75) is 51.2 Å². The van der Waals surface area contributed by atoms with Crippen molar-refractivity contribution in [3.8, 4) is 5.75 Å². The highest BCUT2D eigenvalue weighted by atomic mass is 35.5. The van der Waals surface area contributed by atoms with Gasteiger partial charge in [-0.3, -0.25) is 9.59 Å². The molecular formula is C25H29ClN4O3S. The molecule has 1 fully saturated rings. The number of benzene rings is 2. The summed E-state index contributed by atoms with van der Waals surface area (Å²) in [7, 11) is 0. The molecule has 0 bridgehead atoms. The number of halogens is 1. The first-order chi connectivity index (χ1) is 16.4. The number of nitrogens with zero attached hydrogens (tertiary/aromatic N) is 3. The summed E-state index contributed by atoms with van der Waals surface area (Å²) in [5.74, 6) is 0.125. The van der Waals surface area contributed by atoms with Crippen LogP contribution in [0.15, 0.2) is 58.7 Å². The number of amides is 2. The SMILES string of the molecule is CCCCCCOc1ccc(N2C(=O)C[C@@H](SC(N)=N/N=C(/C)c3ccc(Cl)cc3)C2=O)cc1. The van der Waals surface area contributed by atoms with Crippen molar-refractivity contribution in [3.63, 3.8) is 0 Å². The van der Waals surface area contributed by atoms with Crippen molar-refractivity contribution in [2.75, 3.05) is 11.5 Å². The predicted octanol–water partition coefficient (Wildman–Crippen LogP) is 5.40. The molecule has 1 heterocycles. The minimum Gasteiger partial charge on any atom is -0.494 e. The zero-order valence-corrected chi connectivity index (χ0v) is 20.9. The second-order valence-electron chi connectivity index (χ2n) is 7.91. The molecule has 180 valence electrons. The molecule has 9 heteroatoms. The zero-order chi connectivity index (χ0) is 24.5. The van der Waals surface area contributed by atoms with Crippen molar-refractivity contribution >= 4 is 51.7 Å². The molecule has 0 saturated carbocycles.